The molecule has 0 saturated heterocycles. The largest absolute Gasteiger partial charge is 0.415 e. The Morgan fingerprint density at radius 3 is 2.77 bits per heavy atom. The van der Waals surface area contributed by atoms with E-state index in [0.717, 1.165) is 34.6 Å². The van der Waals surface area contributed by atoms with E-state index in [0.29, 0.717) is 42.6 Å². The molecule has 0 bridgehead atoms. The average Bonchev–Trinajstić information content (AvgIpc) is 3.33. The predicted octanol–water partition coefficient (Wildman–Crippen LogP) is 4.15. The predicted molar refractivity (Wildman–Crippen MR) is 140 cm³/mol. The minimum Gasteiger partial charge on any atom is -0.415 e. The first-order valence-corrected chi connectivity index (χ1v) is 14.3. The van der Waals surface area contributed by atoms with Crippen molar-refractivity contribution in [2.75, 3.05) is 11.9 Å². The molecule has 3 heterocycles. The quantitative estimate of drug-likeness (QED) is 0.352. The summed E-state index contributed by atoms with van der Waals surface area (Å²) in [6.07, 6.45) is 5.61. The molecule has 2 N–H and O–H groups in total. The standard InChI is InChI=1S/C26H30F3N7O3S/c1-35-21(10-22(34-35)39-25(28)29)32-26-33-31-12-36(26)16-4-5-19-17(8-16)23(24(38)30-11-13-2-3-13)20(40-19)9-18(37)14-6-15(27)7-14/h10,12-16,25H,2-9,11H2,1H3,(H,30,38)(H,32,33)/t14?,15?,16-/m0/s1. The van der Waals surface area contributed by atoms with E-state index in [4.69, 9.17) is 0 Å². The highest BCUT2D eigenvalue weighted by Gasteiger charge is 2.37. The summed E-state index contributed by atoms with van der Waals surface area (Å²) in [7, 11) is 1.59. The van der Waals surface area contributed by atoms with Crippen LogP contribution in [0.5, 0.6) is 5.88 Å². The highest BCUT2D eigenvalue weighted by molar-refractivity contribution is 7.12. The van der Waals surface area contributed by atoms with Gasteiger partial charge in [0.2, 0.25) is 11.8 Å². The molecule has 10 nitrogen and oxygen atoms in total. The summed E-state index contributed by atoms with van der Waals surface area (Å²) in [5.41, 5.74) is 1.51. The van der Waals surface area contributed by atoms with E-state index in [1.807, 2.05) is 4.57 Å². The lowest BCUT2D eigenvalue weighted by Crippen LogP contribution is -2.33. The SMILES string of the molecule is Cn1nc(OC(F)F)cc1Nc1nncn1[C@H]1CCc2sc(CC(=O)C3CC(F)C3)c(C(=O)NCC3CC3)c2C1. The Labute approximate surface area is 232 Å². The maximum Gasteiger partial charge on any atom is 0.388 e. The van der Waals surface area contributed by atoms with Crippen LogP contribution in [-0.4, -0.2) is 55.6 Å². The maximum atomic E-state index is 13.4. The van der Waals surface area contributed by atoms with Crippen molar-refractivity contribution in [3.63, 3.8) is 0 Å². The molecule has 1 atom stereocenters. The molecule has 2 saturated carbocycles. The van der Waals surface area contributed by atoms with Gasteiger partial charge in [-0.25, -0.2) is 9.07 Å². The maximum absolute atomic E-state index is 13.4. The summed E-state index contributed by atoms with van der Waals surface area (Å²) in [6, 6.07) is 1.27. The van der Waals surface area contributed by atoms with Gasteiger partial charge >= 0.3 is 6.61 Å². The molecular formula is C26H30F3N7O3S. The van der Waals surface area contributed by atoms with Crippen molar-refractivity contribution < 1.29 is 27.5 Å². The number of amides is 1. The number of carbonyl (C=O) groups excluding carboxylic acids is 2. The number of fused-ring (bicyclic) bond motifs is 1. The number of aryl methyl sites for hydroxylation is 2. The molecule has 0 radical (unpaired) electrons. The normalized spacial score (nSPS) is 22.1. The van der Waals surface area contributed by atoms with Crippen LogP contribution in [0.2, 0.25) is 0 Å². The summed E-state index contributed by atoms with van der Waals surface area (Å²) >= 11 is 1.52. The monoisotopic (exact) mass is 577 g/mol. The van der Waals surface area contributed by atoms with E-state index in [1.165, 1.54) is 22.1 Å². The van der Waals surface area contributed by atoms with Crippen molar-refractivity contribution in [2.24, 2.45) is 18.9 Å². The Morgan fingerprint density at radius 1 is 1.25 bits per heavy atom. The summed E-state index contributed by atoms with van der Waals surface area (Å²) in [5.74, 6) is 0.649. The topological polar surface area (TPSA) is 116 Å². The minimum absolute atomic E-state index is 0.00282. The lowest BCUT2D eigenvalue weighted by atomic mass is 9.79. The number of hydrogen-bond donors (Lipinski definition) is 2. The second-order valence-electron chi connectivity index (χ2n) is 10.8. The summed E-state index contributed by atoms with van der Waals surface area (Å²) in [5, 5.41) is 18.3. The fourth-order valence-corrected chi connectivity index (χ4v) is 6.79. The molecule has 0 aliphatic heterocycles. The second kappa shape index (κ2) is 10.9. The number of aromatic nitrogens is 5. The molecule has 214 valence electrons. The number of ether oxygens (including phenoxy) is 1. The van der Waals surface area contributed by atoms with Crippen LogP contribution in [0, 0.1) is 11.8 Å². The lowest BCUT2D eigenvalue weighted by Gasteiger charge is -2.28. The number of thiophene rings is 1. The molecule has 1 amide bonds. The van der Waals surface area contributed by atoms with Crippen LogP contribution in [0.15, 0.2) is 12.4 Å². The summed E-state index contributed by atoms with van der Waals surface area (Å²) in [6.45, 7) is -2.37. The number of rotatable bonds is 11. The number of alkyl halides is 3. The lowest BCUT2D eigenvalue weighted by molar-refractivity contribution is -0.126. The third-order valence-electron chi connectivity index (χ3n) is 7.93. The van der Waals surface area contributed by atoms with E-state index < -0.39 is 12.8 Å². The van der Waals surface area contributed by atoms with Crippen molar-refractivity contribution >= 4 is 34.8 Å². The van der Waals surface area contributed by atoms with Crippen LogP contribution in [0.1, 0.15) is 63.8 Å². The third kappa shape index (κ3) is 5.58. The van der Waals surface area contributed by atoms with Crippen molar-refractivity contribution in [3.05, 3.63) is 33.3 Å². The van der Waals surface area contributed by atoms with Gasteiger partial charge < -0.3 is 15.4 Å². The number of nitrogens with zero attached hydrogens (tertiary/aromatic N) is 5. The Hall–Kier alpha value is -3.42. The van der Waals surface area contributed by atoms with Gasteiger partial charge in [-0.1, -0.05) is 0 Å². The molecule has 6 rings (SSSR count). The van der Waals surface area contributed by atoms with E-state index in [-0.39, 0.29) is 48.8 Å². The second-order valence-corrected chi connectivity index (χ2v) is 12.0. The average molecular weight is 578 g/mol. The molecule has 40 heavy (non-hydrogen) atoms. The molecule has 3 aliphatic carbocycles. The van der Waals surface area contributed by atoms with Gasteiger partial charge in [-0.15, -0.1) is 26.6 Å². The molecule has 3 aliphatic rings. The molecule has 2 fully saturated rings. The van der Waals surface area contributed by atoms with E-state index in [1.54, 1.807) is 13.4 Å². The smallest absolute Gasteiger partial charge is 0.388 e. The molecule has 0 aromatic carbocycles. The van der Waals surface area contributed by atoms with Crippen molar-refractivity contribution in [3.8, 4) is 5.88 Å². The number of hydrogen-bond acceptors (Lipinski definition) is 8. The van der Waals surface area contributed by atoms with Crippen molar-refractivity contribution in [1.29, 1.82) is 0 Å². The van der Waals surface area contributed by atoms with Crippen LogP contribution in [0.3, 0.4) is 0 Å². The van der Waals surface area contributed by atoms with E-state index >= 15 is 0 Å². The van der Waals surface area contributed by atoms with Gasteiger partial charge in [0, 0.05) is 47.8 Å². The zero-order valence-electron chi connectivity index (χ0n) is 21.9. The number of halogens is 3. The highest BCUT2D eigenvalue weighted by atomic mass is 32.1. The van der Waals surface area contributed by atoms with E-state index in [2.05, 4.69) is 30.7 Å². The zero-order chi connectivity index (χ0) is 28.0. The molecule has 3 aromatic heterocycles. The Bertz CT molecular complexity index is 1410. The Morgan fingerprint density at radius 2 is 2.05 bits per heavy atom. The van der Waals surface area contributed by atoms with Crippen LogP contribution in [-0.2, 0) is 31.1 Å². The highest BCUT2D eigenvalue weighted by Crippen LogP contribution is 2.41. The number of nitrogens with one attached hydrogen (secondary N) is 2. The van der Waals surface area contributed by atoms with Crippen LogP contribution in [0.4, 0.5) is 24.9 Å². The fourth-order valence-electron chi connectivity index (χ4n) is 5.43. The van der Waals surface area contributed by atoms with Gasteiger partial charge in [-0.05, 0) is 56.4 Å². The van der Waals surface area contributed by atoms with Gasteiger partial charge in [0.1, 0.15) is 24.1 Å². The summed E-state index contributed by atoms with van der Waals surface area (Å²) in [4.78, 5) is 28.2. The Kier molecular flexibility index (Phi) is 7.27. The molecule has 3 aromatic rings. The number of carbonyl (C=O) groups is 2. The summed E-state index contributed by atoms with van der Waals surface area (Å²) < 4.78 is 46.2. The van der Waals surface area contributed by atoms with Crippen molar-refractivity contribution in [2.45, 2.75) is 70.2 Å². The first-order valence-electron chi connectivity index (χ1n) is 13.5. The molecule has 0 unspecified atom stereocenters. The molecule has 14 heteroatoms. The van der Waals surface area contributed by atoms with Gasteiger partial charge in [-0.3, -0.25) is 14.2 Å². The van der Waals surface area contributed by atoms with E-state index in [9.17, 15) is 22.8 Å². The van der Waals surface area contributed by atoms with Gasteiger partial charge in [0.25, 0.3) is 5.91 Å². The van der Waals surface area contributed by atoms with Gasteiger partial charge in [0.15, 0.2) is 0 Å². The molecule has 0 spiro atoms. The number of ketones is 1. The van der Waals surface area contributed by atoms with Crippen molar-refractivity contribution in [1.82, 2.24) is 29.9 Å². The van der Waals surface area contributed by atoms with Crippen LogP contribution in [0.25, 0.3) is 0 Å². The zero-order valence-corrected chi connectivity index (χ0v) is 22.7. The fraction of sp³-hybridized carbons (Fsp3) is 0.577. The first-order chi connectivity index (χ1) is 19.2. The van der Waals surface area contributed by atoms with Gasteiger partial charge in [-0.2, -0.15) is 8.78 Å². The van der Waals surface area contributed by atoms with Gasteiger partial charge in [0.05, 0.1) is 5.56 Å². The first kappa shape index (κ1) is 26.8. The Balaban J connectivity index is 1.23. The number of anilines is 2. The van der Waals surface area contributed by atoms with Crippen LogP contribution >= 0.6 is 11.3 Å². The number of Topliss-reactive ketones (excluding diaryl/α,β-unsaturated/α-hetero) is 1. The van der Waals surface area contributed by atoms with Crippen LogP contribution < -0.4 is 15.4 Å². The molecular weight excluding hydrogens is 547 g/mol. The minimum atomic E-state index is -2.99. The third-order valence-corrected chi connectivity index (χ3v) is 9.22.